The van der Waals surface area contributed by atoms with Gasteiger partial charge in [0.25, 0.3) is 0 Å². The van der Waals surface area contributed by atoms with Crippen LogP contribution >= 0.6 is 11.6 Å². The summed E-state index contributed by atoms with van der Waals surface area (Å²) in [5.74, 6) is -0.541. The number of aryl methyl sites for hydroxylation is 1. The van der Waals surface area contributed by atoms with Gasteiger partial charge < -0.3 is 0 Å². The Morgan fingerprint density at radius 2 is 2.04 bits per heavy atom. The molecule has 0 bridgehead atoms. The average molecular weight is 382 g/mol. The maximum atomic E-state index is 13.6. The standard InChI is InChI=1S/C21H17ClFN3O/c1-12-6-7-15-10-17(21(22)24-18(15)8-12)20-11-19(25-26(20)13(2)27)14-4-3-5-16(23)9-14/h3-10,20H,11H2,1-2H3. The van der Waals surface area contributed by atoms with Crippen molar-refractivity contribution >= 4 is 34.1 Å². The summed E-state index contributed by atoms with van der Waals surface area (Å²) in [7, 11) is 0. The van der Waals surface area contributed by atoms with Crippen LogP contribution in [-0.4, -0.2) is 21.6 Å². The van der Waals surface area contributed by atoms with Crippen LogP contribution in [0.2, 0.25) is 5.15 Å². The van der Waals surface area contributed by atoms with Crippen LogP contribution in [0.25, 0.3) is 10.9 Å². The van der Waals surface area contributed by atoms with E-state index in [0.717, 1.165) is 22.0 Å². The van der Waals surface area contributed by atoms with Crippen molar-refractivity contribution in [3.05, 3.63) is 76.2 Å². The highest BCUT2D eigenvalue weighted by Gasteiger charge is 2.33. The van der Waals surface area contributed by atoms with E-state index in [9.17, 15) is 9.18 Å². The van der Waals surface area contributed by atoms with Crippen LogP contribution in [0.4, 0.5) is 4.39 Å². The summed E-state index contributed by atoms with van der Waals surface area (Å²) in [4.78, 5) is 16.7. The highest BCUT2D eigenvalue weighted by molar-refractivity contribution is 6.30. The predicted molar refractivity (Wildman–Crippen MR) is 104 cm³/mol. The number of aromatic nitrogens is 1. The molecule has 136 valence electrons. The van der Waals surface area contributed by atoms with Crippen LogP contribution in [0, 0.1) is 12.7 Å². The molecule has 2 heterocycles. The molecule has 1 unspecified atom stereocenters. The van der Waals surface area contributed by atoms with E-state index >= 15 is 0 Å². The normalized spacial score (nSPS) is 16.7. The quantitative estimate of drug-likeness (QED) is 0.584. The summed E-state index contributed by atoms with van der Waals surface area (Å²) in [6, 6.07) is 13.8. The van der Waals surface area contributed by atoms with E-state index in [0.29, 0.717) is 22.8 Å². The van der Waals surface area contributed by atoms with Crippen molar-refractivity contribution in [1.82, 2.24) is 9.99 Å². The van der Waals surface area contributed by atoms with Gasteiger partial charge in [-0.3, -0.25) is 4.79 Å². The highest BCUT2D eigenvalue weighted by Crippen LogP contribution is 2.37. The Kier molecular flexibility index (Phi) is 4.40. The number of hydrogen-bond donors (Lipinski definition) is 0. The molecule has 1 atom stereocenters. The van der Waals surface area contributed by atoms with Crippen molar-refractivity contribution in [2.75, 3.05) is 0 Å². The molecule has 4 rings (SSSR count). The number of rotatable bonds is 2. The Labute approximate surface area is 161 Å². The number of fused-ring (bicyclic) bond motifs is 1. The lowest BCUT2D eigenvalue weighted by atomic mass is 9.98. The van der Waals surface area contributed by atoms with Crippen molar-refractivity contribution < 1.29 is 9.18 Å². The monoisotopic (exact) mass is 381 g/mol. The number of carbonyl (C=O) groups excluding carboxylic acids is 1. The molecule has 1 aromatic heterocycles. The third kappa shape index (κ3) is 3.30. The van der Waals surface area contributed by atoms with Gasteiger partial charge in [-0.2, -0.15) is 5.10 Å². The average Bonchev–Trinajstić information content (AvgIpc) is 3.06. The van der Waals surface area contributed by atoms with Crippen molar-refractivity contribution in [3.63, 3.8) is 0 Å². The van der Waals surface area contributed by atoms with Gasteiger partial charge in [-0.05, 0) is 36.8 Å². The van der Waals surface area contributed by atoms with E-state index in [1.54, 1.807) is 12.1 Å². The SMILES string of the molecule is CC(=O)N1N=C(c2cccc(F)c2)CC1c1cc2ccc(C)cc2nc1Cl. The van der Waals surface area contributed by atoms with E-state index in [2.05, 4.69) is 10.1 Å². The number of amides is 1. The number of halogens is 2. The zero-order valence-corrected chi connectivity index (χ0v) is 15.7. The van der Waals surface area contributed by atoms with Crippen molar-refractivity contribution in [2.45, 2.75) is 26.3 Å². The summed E-state index contributed by atoms with van der Waals surface area (Å²) < 4.78 is 13.6. The molecule has 1 aliphatic heterocycles. The summed E-state index contributed by atoms with van der Waals surface area (Å²) in [5.41, 5.74) is 3.95. The molecule has 0 fully saturated rings. The van der Waals surface area contributed by atoms with Crippen molar-refractivity contribution in [2.24, 2.45) is 5.10 Å². The molecular weight excluding hydrogens is 365 g/mol. The van der Waals surface area contributed by atoms with E-state index in [-0.39, 0.29) is 17.8 Å². The fourth-order valence-electron chi connectivity index (χ4n) is 3.39. The Morgan fingerprint density at radius 3 is 2.78 bits per heavy atom. The van der Waals surface area contributed by atoms with Gasteiger partial charge >= 0.3 is 0 Å². The Morgan fingerprint density at radius 1 is 1.22 bits per heavy atom. The van der Waals surface area contributed by atoms with Gasteiger partial charge in [0, 0.05) is 29.9 Å². The zero-order valence-electron chi connectivity index (χ0n) is 14.9. The molecule has 27 heavy (non-hydrogen) atoms. The Hall–Kier alpha value is -2.79. The lowest BCUT2D eigenvalue weighted by Gasteiger charge is -2.21. The lowest BCUT2D eigenvalue weighted by Crippen LogP contribution is -2.24. The number of hydrogen-bond acceptors (Lipinski definition) is 3. The minimum absolute atomic E-state index is 0.202. The maximum absolute atomic E-state index is 13.6. The van der Waals surface area contributed by atoms with E-state index in [1.807, 2.05) is 31.2 Å². The lowest BCUT2D eigenvalue weighted by molar-refractivity contribution is -0.130. The van der Waals surface area contributed by atoms with Crippen LogP contribution in [0.15, 0.2) is 53.6 Å². The number of benzene rings is 2. The smallest absolute Gasteiger partial charge is 0.240 e. The van der Waals surface area contributed by atoms with Crippen molar-refractivity contribution in [3.8, 4) is 0 Å². The summed E-state index contributed by atoms with van der Waals surface area (Å²) in [6.07, 6.45) is 0.446. The van der Waals surface area contributed by atoms with E-state index in [1.165, 1.54) is 24.1 Å². The zero-order chi connectivity index (χ0) is 19.1. The molecule has 0 spiro atoms. The molecule has 1 amide bonds. The third-order valence-corrected chi connectivity index (χ3v) is 5.01. The molecule has 0 N–H and O–H groups in total. The largest absolute Gasteiger partial charge is 0.273 e. The van der Waals surface area contributed by atoms with Crippen LogP contribution < -0.4 is 0 Å². The molecule has 1 aliphatic rings. The molecule has 2 aromatic carbocycles. The van der Waals surface area contributed by atoms with Crippen LogP contribution in [-0.2, 0) is 4.79 Å². The van der Waals surface area contributed by atoms with Gasteiger partial charge in [-0.1, -0.05) is 35.9 Å². The van der Waals surface area contributed by atoms with Crippen LogP contribution in [0.1, 0.15) is 36.1 Å². The molecule has 0 radical (unpaired) electrons. The van der Waals surface area contributed by atoms with E-state index in [4.69, 9.17) is 11.6 Å². The second-order valence-electron chi connectivity index (χ2n) is 6.71. The van der Waals surface area contributed by atoms with Gasteiger partial charge in [0.05, 0.1) is 17.3 Å². The molecular formula is C21H17ClFN3O. The van der Waals surface area contributed by atoms with Gasteiger partial charge in [0.2, 0.25) is 5.91 Å². The minimum atomic E-state index is -0.369. The predicted octanol–water partition coefficient (Wildman–Crippen LogP) is 5.03. The van der Waals surface area contributed by atoms with Gasteiger partial charge in [-0.25, -0.2) is 14.4 Å². The van der Waals surface area contributed by atoms with Gasteiger partial charge in [0.15, 0.2) is 0 Å². The fourth-order valence-corrected chi connectivity index (χ4v) is 3.66. The van der Waals surface area contributed by atoms with Crippen LogP contribution in [0.3, 0.4) is 0 Å². The molecule has 6 heteroatoms. The van der Waals surface area contributed by atoms with Gasteiger partial charge in [-0.15, -0.1) is 0 Å². The van der Waals surface area contributed by atoms with Gasteiger partial charge in [0.1, 0.15) is 11.0 Å². The first-order chi connectivity index (χ1) is 12.9. The van der Waals surface area contributed by atoms with Crippen LogP contribution in [0.5, 0.6) is 0 Å². The maximum Gasteiger partial charge on any atom is 0.240 e. The van der Waals surface area contributed by atoms with E-state index < -0.39 is 0 Å². The highest BCUT2D eigenvalue weighted by atomic mass is 35.5. The summed E-state index contributed by atoms with van der Waals surface area (Å²) in [5, 5.41) is 7.14. The first kappa shape index (κ1) is 17.6. The second-order valence-corrected chi connectivity index (χ2v) is 7.06. The molecule has 3 aromatic rings. The third-order valence-electron chi connectivity index (χ3n) is 4.70. The molecule has 0 saturated carbocycles. The second kappa shape index (κ2) is 6.74. The minimum Gasteiger partial charge on any atom is -0.273 e. The Balaban J connectivity index is 1.77. The molecule has 4 nitrogen and oxygen atoms in total. The topological polar surface area (TPSA) is 45.6 Å². The molecule has 0 saturated heterocycles. The fraction of sp³-hybridized carbons (Fsp3) is 0.190. The van der Waals surface area contributed by atoms with Crippen molar-refractivity contribution in [1.29, 1.82) is 0 Å². The Bertz CT molecular complexity index is 1100. The number of carbonyl (C=O) groups is 1. The number of hydrazone groups is 1. The first-order valence-electron chi connectivity index (χ1n) is 8.62. The summed E-state index contributed by atoms with van der Waals surface area (Å²) in [6.45, 7) is 3.45. The first-order valence-corrected chi connectivity index (χ1v) is 9.00. The number of nitrogens with zero attached hydrogens (tertiary/aromatic N) is 3. The molecule has 0 aliphatic carbocycles. The number of pyridine rings is 1. The summed E-state index contributed by atoms with van der Waals surface area (Å²) >= 11 is 6.46.